The predicted molar refractivity (Wildman–Crippen MR) is 86.6 cm³/mol. The third-order valence-corrected chi connectivity index (χ3v) is 6.36. The van der Waals surface area contributed by atoms with Crippen LogP contribution >= 0.6 is 34.2 Å². The van der Waals surface area contributed by atoms with Gasteiger partial charge >= 0.3 is 0 Å². The lowest BCUT2D eigenvalue weighted by Gasteiger charge is -2.24. The number of H-pyrrole nitrogens is 1. The maximum absolute atomic E-state index is 13.9. The minimum atomic E-state index is -1.02. The first-order valence-electron chi connectivity index (χ1n) is 6.43. The van der Waals surface area contributed by atoms with Crippen LogP contribution in [0.1, 0.15) is 0 Å². The number of halogens is 3. The molecule has 0 amide bonds. The Balaban J connectivity index is 1.74. The smallest absolute Gasteiger partial charge is 0.248 e. The van der Waals surface area contributed by atoms with Gasteiger partial charge in [0.2, 0.25) is 5.56 Å². The lowest BCUT2D eigenvalue weighted by molar-refractivity contribution is 0.396. The van der Waals surface area contributed by atoms with E-state index in [0.29, 0.717) is 18.1 Å². The summed E-state index contributed by atoms with van der Waals surface area (Å²) < 4.78 is 12.9. The average molecular weight is 405 g/mol. The molecule has 2 heterocycles. The Morgan fingerprint density at radius 3 is 2.70 bits per heavy atom. The van der Waals surface area contributed by atoms with Crippen molar-refractivity contribution in [2.75, 3.05) is 18.0 Å². The van der Waals surface area contributed by atoms with Gasteiger partial charge in [0.15, 0.2) is 3.68 Å². The largest absolute Gasteiger partial charge is 0.369 e. The van der Waals surface area contributed by atoms with E-state index in [-0.39, 0.29) is 17.4 Å². The zero-order chi connectivity index (χ0) is 14.1. The Morgan fingerprint density at radius 2 is 2.00 bits per heavy atom. The summed E-state index contributed by atoms with van der Waals surface area (Å²) in [5, 5.41) is 1.45. The summed E-state index contributed by atoms with van der Waals surface area (Å²) in [6.07, 6.45) is 0. The lowest BCUT2D eigenvalue weighted by Crippen LogP contribution is -2.27. The number of nitrogens with one attached hydrogen (secondary N) is 1. The number of anilines is 1. The third-order valence-electron chi connectivity index (χ3n) is 4.36. The second-order valence-corrected chi connectivity index (χ2v) is 7.51. The van der Waals surface area contributed by atoms with E-state index in [1.165, 1.54) is 6.07 Å². The van der Waals surface area contributed by atoms with Gasteiger partial charge in [-0.1, -0.05) is 11.6 Å². The number of rotatable bonds is 1. The molecule has 1 aromatic carbocycles. The van der Waals surface area contributed by atoms with Gasteiger partial charge in [-0.2, -0.15) is 0 Å². The number of hydrogen-bond acceptors (Lipinski definition) is 2. The van der Waals surface area contributed by atoms with Gasteiger partial charge in [0.1, 0.15) is 0 Å². The Labute approximate surface area is 133 Å². The quantitative estimate of drug-likeness (QED) is 0.584. The van der Waals surface area contributed by atoms with Crippen LogP contribution in [0.25, 0.3) is 10.9 Å². The van der Waals surface area contributed by atoms with E-state index >= 15 is 0 Å². The highest BCUT2D eigenvalue weighted by Gasteiger charge is 2.68. The maximum Gasteiger partial charge on any atom is 0.248 e. The number of aromatic amines is 1. The van der Waals surface area contributed by atoms with Crippen molar-refractivity contribution in [2.24, 2.45) is 11.8 Å². The minimum absolute atomic E-state index is 0.116. The van der Waals surface area contributed by atoms with E-state index in [0.717, 1.165) is 16.6 Å². The number of piperidine rings is 1. The van der Waals surface area contributed by atoms with Gasteiger partial charge < -0.3 is 9.88 Å². The molecule has 2 aromatic rings. The van der Waals surface area contributed by atoms with E-state index in [1.54, 1.807) is 6.07 Å². The predicted octanol–water partition coefficient (Wildman–Crippen LogP) is 3.35. The van der Waals surface area contributed by atoms with E-state index in [9.17, 15) is 9.18 Å². The number of hydrogen-bond donors (Lipinski definition) is 1. The van der Waals surface area contributed by atoms with Crippen molar-refractivity contribution in [3.8, 4) is 0 Å². The van der Waals surface area contributed by atoms with Crippen LogP contribution in [-0.2, 0) is 0 Å². The summed E-state index contributed by atoms with van der Waals surface area (Å²) in [6.45, 7) is 1.41. The Bertz CT molecular complexity index is 761. The fourth-order valence-corrected chi connectivity index (χ4v) is 4.57. The van der Waals surface area contributed by atoms with Crippen LogP contribution in [0, 0.1) is 11.8 Å². The van der Waals surface area contributed by atoms with Crippen LogP contribution in [0.3, 0.4) is 0 Å². The fourth-order valence-electron chi connectivity index (χ4n) is 3.14. The molecular weight excluding hydrogens is 394 g/mol. The first kappa shape index (κ1) is 12.9. The molecule has 1 saturated carbocycles. The molecule has 20 heavy (non-hydrogen) atoms. The van der Waals surface area contributed by atoms with Gasteiger partial charge in [0.05, 0.1) is 10.7 Å². The summed E-state index contributed by atoms with van der Waals surface area (Å²) in [4.78, 5) is 16.2. The standard InChI is InChI=1S/C14H11ClFIN2O/c15-13-7-1-4-12(20)18-10(7)2-3-11(13)19-5-8-9(6-19)14(8,16)17/h1-4,8-9H,5-6H2,(H,18,20). The topological polar surface area (TPSA) is 36.1 Å². The van der Waals surface area contributed by atoms with Crippen molar-refractivity contribution in [3.63, 3.8) is 0 Å². The maximum atomic E-state index is 13.9. The second-order valence-electron chi connectivity index (χ2n) is 5.47. The van der Waals surface area contributed by atoms with Crippen molar-refractivity contribution in [1.29, 1.82) is 0 Å². The molecule has 4 rings (SSSR count). The van der Waals surface area contributed by atoms with E-state index in [4.69, 9.17) is 11.6 Å². The number of alkyl halides is 2. The van der Waals surface area contributed by atoms with Gasteiger partial charge in [-0.15, -0.1) is 0 Å². The number of pyridine rings is 1. The highest BCUT2D eigenvalue weighted by molar-refractivity contribution is 14.1. The normalized spacial score (nSPS) is 31.6. The zero-order valence-corrected chi connectivity index (χ0v) is 13.3. The van der Waals surface area contributed by atoms with Crippen LogP contribution in [0.2, 0.25) is 5.02 Å². The second kappa shape index (κ2) is 4.10. The molecule has 3 nitrogen and oxygen atoms in total. The molecule has 0 spiro atoms. The van der Waals surface area contributed by atoms with Crippen molar-refractivity contribution in [3.05, 3.63) is 39.6 Å². The first-order valence-corrected chi connectivity index (χ1v) is 7.88. The molecule has 1 aliphatic heterocycles. The monoisotopic (exact) mass is 404 g/mol. The van der Waals surface area contributed by atoms with E-state index in [1.807, 2.05) is 34.7 Å². The first-order chi connectivity index (χ1) is 9.48. The number of aromatic nitrogens is 1. The van der Waals surface area contributed by atoms with E-state index in [2.05, 4.69) is 9.88 Å². The number of nitrogens with zero attached hydrogens (tertiary/aromatic N) is 1. The SMILES string of the molecule is O=c1ccc2c(Cl)c(N3CC4C(C3)C4(F)I)ccc2[nH]1. The number of benzene rings is 1. The summed E-state index contributed by atoms with van der Waals surface area (Å²) in [7, 11) is 0. The van der Waals surface area contributed by atoms with Gasteiger partial charge in [0, 0.05) is 41.9 Å². The van der Waals surface area contributed by atoms with Crippen molar-refractivity contribution < 1.29 is 4.39 Å². The zero-order valence-electron chi connectivity index (χ0n) is 10.4. The molecule has 104 valence electrons. The molecule has 2 atom stereocenters. The van der Waals surface area contributed by atoms with Gasteiger partial charge in [0.25, 0.3) is 0 Å². The van der Waals surface area contributed by atoms with Crippen molar-refractivity contribution in [1.82, 2.24) is 4.98 Å². The van der Waals surface area contributed by atoms with Gasteiger partial charge in [-0.05, 0) is 40.8 Å². The molecule has 2 aliphatic rings. The highest BCUT2D eigenvalue weighted by Crippen LogP contribution is 2.63. The molecule has 1 aromatic heterocycles. The van der Waals surface area contributed by atoms with Crippen LogP contribution in [0.4, 0.5) is 10.1 Å². The molecule has 2 fully saturated rings. The number of fused-ring (bicyclic) bond motifs is 2. The minimum Gasteiger partial charge on any atom is -0.369 e. The van der Waals surface area contributed by atoms with Gasteiger partial charge in [-0.3, -0.25) is 4.79 Å². The van der Waals surface area contributed by atoms with Crippen LogP contribution in [-0.4, -0.2) is 21.7 Å². The van der Waals surface area contributed by atoms with E-state index < -0.39 is 3.68 Å². The summed E-state index contributed by atoms with van der Waals surface area (Å²) in [5.74, 6) is 0.232. The molecule has 1 aliphatic carbocycles. The molecular formula is C14H11ClFIN2O. The molecule has 6 heteroatoms. The average Bonchev–Trinajstić information content (AvgIpc) is 2.79. The highest BCUT2D eigenvalue weighted by atomic mass is 127. The fraction of sp³-hybridized carbons (Fsp3) is 0.357. The Morgan fingerprint density at radius 1 is 1.30 bits per heavy atom. The van der Waals surface area contributed by atoms with Crippen LogP contribution < -0.4 is 10.5 Å². The third kappa shape index (κ3) is 1.72. The van der Waals surface area contributed by atoms with Crippen molar-refractivity contribution in [2.45, 2.75) is 3.68 Å². The summed E-state index contributed by atoms with van der Waals surface area (Å²) in [5.41, 5.74) is 1.51. The molecule has 0 bridgehead atoms. The van der Waals surface area contributed by atoms with Crippen LogP contribution in [0.15, 0.2) is 29.1 Å². The molecule has 1 saturated heterocycles. The Hall–Kier alpha value is -0.820. The van der Waals surface area contributed by atoms with Crippen LogP contribution in [0.5, 0.6) is 0 Å². The Kier molecular flexibility index (Phi) is 2.64. The molecule has 1 N–H and O–H groups in total. The summed E-state index contributed by atoms with van der Waals surface area (Å²) in [6, 6.07) is 6.96. The van der Waals surface area contributed by atoms with Gasteiger partial charge in [-0.25, -0.2) is 4.39 Å². The lowest BCUT2D eigenvalue weighted by atomic mass is 10.2. The summed E-state index contributed by atoms with van der Waals surface area (Å²) >= 11 is 8.37. The molecule has 0 radical (unpaired) electrons. The molecule has 2 unspecified atom stereocenters. The van der Waals surface area contributed by atoms with Crippen molar-refractivity contribution >= 4 is 50.8 Å².